The molecule has 0 saturated heterocycles. The molecule has 248 valence electrons. The average Bonchev–Trinajstić information content (AvgIpc) is 2.89. The van der Waals surface area contributed by atoms with Gasteiger partial charge in [-0.05, 0) is 39.5 Å². The van der Waals surface area contributed by atoms with Crippen molar-refractivity contribution < 1.29 is 56.8 Å². The minimum Gasteiger partial charge on any atom is -0.457 e. The van der Waals surface area contributed by atoms with Gasteiger partial charge in [0.1, 0.15) is 11.7 Å². The van der Waals surface area contributed by atoms with E-state index >= 15 is 0 Å². The van der Waals surface area contributed by atoms with Gasteiger partial charge in [-0.25, -0.2) is 18.7 Å². The standard InChI is InChI=1S/C21H41O6P.C7H13O6P/c1-4-7-9-11-13-15-17-21(27-20(22)6-3,19-26-28(23,24)25)18-16-14-12-10-8-5-2;1-5(2)7(8)13-6(3)4-12-14(9,10)11/h6H,3-5,7-19H2,1-2H3,(H2,23,24,25);6H,1,4H2,2-3H3,(H2,9,10,11). The lowest BCUT2D eigenvalue weighted by Gasteiger charge is -2.33. The number of hydrogen-bond donors (Lipinski definition) is 4. The normalized spacial score (nSPS) is 12.6. The van der Waals surface area contributed by atoms with Crippen LogP contribution < -0.4 is 0 Å². The molecule has 4 N–H and O–H groups in total. The lowest BCUT2D eigenvalue weighted by atomic mass is 9.90. The number of carbonyl (C=O) groups excluding carboxylic acids is 2. The molecule has 0 amide bonds. The second kappa shape index (κ2) is 24.0. The zero-order valence-electron chi connectivity index (χ0n) is 25.8. The molecule has 0 spiro atoms. The highest BCUT2D eigenvalue weighted by molar-refractivity contribution is 7.46. The first-order chi connectivity index (χ1) is 19.5. The summed E-state index contributed by atoms with van der Waals surface area (Å²) in [5.74, 6) is -1.20. The van der Waals surface area contributed by atoms with Crippen LogP contribution in [0.4, 0.5) is 0 Å². The van der Waals surface area contributed by atoms with Crippen LogP contribution in [0.1, 0.15) is 118 Å². The van der Waals surface area contributed by atoms with Gasteiger partial charge in [0.05, 0.1) is 13.2 Å². The first-order valence-electron chi connectivity index (χ1n) is 14.6. The predicted octanol–water partition coefficient (Wildman–Crippen LogP) is 6.67. The first-order valence-corrected chi connectivity index (χ1v) is 17.7. The minimum atomic E-state index is -4.64. The smallest absolute Gasteiger partial charge is 0.457 e. The van der Waals surface area contributed by atoms with Crippen molar-refractivity contribution in [3.8, 4) is 0 Å². The van der Waals surface area contributed by atoms with Crippen molar-refractivity contribution in [3.63, 3.8) is 0 Å². The van der Waals surface area contributed by atoms with E-state index < -0.39 is 39.3 Å². The SMILES string of the molecule is C=C(C)C(=O)OC(C)COP(=O)(O)O.C=CC(=O)OC(CCCCCCCC)(CCCCCCCC)COP(=O)(O)O. The van der Waals surface area contributed by atoms with E-state index in [1.165, 1.54) is 52.4 Å². The summed E-state index contributed by atoms with van der Waals surface area (Å²) >= 11 is 0. The molecular weight excluding hydrogens is 590 g/mol. The fraction of sp³-hybridized carbons (Fsp3) is 0.786. The molecule has 0 aromatic rings. The van der Waals surface area contributed by atoms with Crippen LogP contribution in [0.5, 0.6) is 0 Å². The summed E-state index contributed by atoms with van der Waals surface area (Å²) in [5.41, 5.74) is -0.796. The van der Waals surface area contributed by atoms with Crippen LogP contribution >= 0.6 is 15.6 Å². The summed E-state index contributed by atoms with van der Waals surface area (Å²) in [6.45, 7) is 13.4. The van der Waals surface area contributed by atoms with E-state index in [1.54, 1.807) is 0 Å². The Morgan fingerprint density at radius 1 is 0.810 bits per heavy atom. The van der Waals surface area contributed by atoms with Crippen molar-refractivity contribution in [2.24, 2.45) is 0 Å². The van der Waals surface area contributed by atoms with E-state index in [9.17, 15) is 18.7 Å². The predicted molar refractivity (Wildman–Crippen MR) is 161 cm³/mol. The zero-order chi connectivity index (χ0) is 32.7. The highest BCUT2D eigenvalue weighted by Gasteiger charge is 2.36. The molecule has 14 heteroatoms. The van der Waals surface area contributed by atoms with Crippen molar-refractivity contribution in [3.05, 3.63) is 24.8 Å². The van der Waals surface area contributed by atoms with Gasteiger partial charge in [0, 0.05) is 11.6 Å². The van der Waals surface area contributed by atoms with Crippen LogP contribution in [-0.4, -0.2) is 56.4 Å². The van der Waals surface area contributed by atoms with E-state index in [0.717, 1.165) is 44.6 Å². The van der Waals surface area contributed by atoms with E-state index in [4.69, 9.17) is 33.6 Å². The third kappa shape index (κ3) is 27.5. The topological polar surface area (TPSA) is 186 Å². The van der Waals surface area contributed by atoms with Gasteiger partial charge >= 0.3 is 27.6 Å². The number of hydrogen-bond acceptors (Lipinski definition) is 8. The Morgan fingerprint density at radius 2 is 1.24 bits per heavy atom. The van der Waals surface area contributed by atoms with Crippen LogP contribution in [0, 0.1) is 0 Å². The largest absolute Gasteiger partial charge is 0.469 e. The minimum absolute atomic E-state index is 0.216. The lowest BCUT2D eigenvalue weighted by Crippen LogP contribution is -2.39. The van der Waals surface area contributed by atoms with E-state index in [1.807, 2.05) is 0 Å². The maximum absolute atomic E-state index is 11.9. The number of esters is 2. The Kier molecular flexibility index (Phi) is 24.5. The van der Waals surface area contributed by atoms with E-state index in [-0.39, 0.29) is 18.8 Å². The number of carbonyl (C=O) groups is 2. The van der Waals surface area contributed by atoms with Gasteiger partial charge in [-0.2, -0.15) is 0 Å². The zero-order valence-corrected chi connectivity index (χ0v) is 27.6. The Bertz CT molecular complexity index is 849. The Balaban J connectivity index is 0. The molecule has 0 aromatic carbocycles. The van der Waals surface area contributed by atoms with Crippen molar-refractivity contribution in [1.82, 2.24) is 0 Å². The number of rotatable bonds is 24. The maximum atomic E-state index is 11.9. The van der Waals surface area contributed by atoms with Gasteiger partial charge in [0.25, 0.3) is 0 Å². The highest BCUT2D eigenvalue weighted by Crippen LogP contribution is 2.40. The molecule has 0 aromatic heterocycles. The average molecular weight is 645 g/mol. The Labute approximate surface area is 251 Å². The molecule has 0 aliphatic rings. The molecule has 0 bridgehead atoms. The van der Waals surface area contributed by atoms with Crippen LogP contribution in [0.15, 0.2) is 24.8 Å². The first kappa shape index (κ1) is 42.8. The second-order valence-corrected chi connectivity index (χ2v) is 12.9. The van der Waals surface area contributed by atoms with Crippen LogP contribution in [-0.2, 0) is 37.2 Å². The van der Waals surface area contributed by atoms with Crippen LogP contribution in [0.25, 0.3) is 0 Å². The Morgan fingerprint density at radius 3 is 1.62 bits per heavy atom. The van der Waals surface area contributed by atoms with E-state index in [2.05, 4.69) is 31.5 Å². The van der Waals surface area contributed by atoms with Crippen LogP contribution in [0.3, 0.4) is 0 Å². The monoisotopic (exact) mass is 644 g/mol. The van der Waals surface area contributed by atoms with Crippen molar-refractivity contribution in [2.45, 2.75) is 129 Å². The number of unbranched alkanes of at least 4 members (excludes halogenated alkanes) is 10. The van der Waals surface area contributed by atoms with Crippen molar-refractivity contribution >= 4 is 27.6 Å². The number of phosphoric ester groups is 2. The number of phosphoric acid groups is 2. The molecular formula is C28H54O12P2. The molecule has 0 aliphatic heterocycles. The summed E-state index contributed by atoms with van der Waals surface area (Å²) in [5, 5.41) is 0. The van der Waals surface area contributed by atoms with Gasteiger partial charge in [0.15, 0.2) is 0 Å². The molecule has 0 rings (SSSR count). The summed E-state index contributed by atoms with van der Waals surface area (Å²) in [7, 11) is -9.14. The van der Waals surface area contributed by atoms with Crippen molar-refractivity contribution in [1.29, 1.82) is 0 Å². The molecule has 0 heterocycles. The number of ether oxygens (including phenoxy) is 2. The lowest BCUT2D eigenvalue weighted by molar-refractivity contribution is -0.160. The van der Waals surface area contributed by atoms with Gasteiger partial charge in [-0.3, -0.25) is 9.05 Å². The molecule has 0 fully saturated rings. The Hall–Kier alpha value is -1.36. The summed E-state index contributed by atoms with van der Waals surface area (Å²) in [4.78, 5) is 57.8. The summed E-state index contributed by atoms with van der Waals surface area (Å²) < 4.78 is 40.7. The van der Waals surface area contributed by atoms with Gasteiger partial charge < -0.3 is 29.0 Å². The molecule has 0 aliphatic carbocycles. The molecule has 1 atom stereocenters. The van der Waals surface area contributed by atoms with Crippen molar-refractivity contribution in [2.75, 3.05) is 13.2 Å². The molecule has 1 unspecified atom stereocenters. The third-order valence-electron chi connectivity index (χ3n) is 6.09. The fourth-order valence-electron chi connectivity index (χ4n) is 3.83. The van der Waals surface area contributed by atoms with E-state index in [0.29, 0.717) is 12.8 Å². The summed E-state index contributed by atoms with van der Waals surface area (Å²) in [6.07, 6.45) is 14.4. The molecule has 0 radical (unpaired) electrons. The third-order valence-corrected chi connectivity index (χ3v) is 7.04. The molecule has 0 saturated carbocycles. The molecule has 12 nitrogen and oxygen atoms in total. The van der Waals surface area contributed by atoms with Crippen LogP contribution in [0.2, 0.25) is 0 Å². The fourth-order valence-corrected chi connectivity index (χ4v) is 4.64. The van der Waals surface area contributed by atoms with Gasteiger partial charge in [-0.1, -0.05) is 91.2 Å². The maximum Gasteiger partial charge on any atom is 0.469 e. The van der Waals surface area contributed by atoms with Gasteiger partial charge in [-0.15, -0.1) is 0 Å². The second-order valence-electron chi connectivity index (χ2n) is 10.4. The quantitative estimate of drug-likeness (QED) is 0.0379. The van der Waals surface area contributed by atoms with Gasteiger partial charge in [0.2, 0.25) is 0 Å². The molecule has 42 heavy (non-hydrogen) atoms. The highest BCUT2D eigenvalue weighted by atomic mass is 31.2. The summed E-state index contributed by atoms with van der Waals surface area (Å²) in [6, 6.07) is 0.